The minimum absolute atomic E-state index is 0.341. The molecule has 0 amide bonds. The standard InChI is InChI=1S/C31H29N5/c1-3-26(32-15-1)29-18-24(19-34-29)22-10-7-20(8-11-22)5-6-21-9-13-25-23(17-21)12-14-27-30(25)36-31(35-27)28-4-2-16-33-28/h7-14,17,19,26,28,32-33H,1-4,15-16,18H2,(H,35,36)/t26-,28-/m0/s1. The lowest BCUT2D eigenvalue weighted by atomic mass is 9.98. The van der Waals surface area contributed by atoms with Gasteiger partial charge < -0.3 is 15.6 Å². The smallest absolute Gasteiger partial charge is 0.124 e. The van der Waals surface area contributed by atoms with Crippen LogP contribution in [0.25, 0.3) is 27.4 Å². The molecule has 2 fully saturated rings. The summed E-state index contributed by atoms with van der Waals surface area (Å²) in [5, 5.41) is 9.42. The van der Waals surface area contributed by atoms with Crippen molar-refractivity contribution < 1.29 is 0 Å². The Bertz CT molecular complexity index is 1570. The van der Waals surface area contributed by atoms with Crippen molar-refractivity contribution in [2.45, 2.75) is 44.2 Å². The minimum atomic E-state index is 0.341. The van der Waals surface area contributed by atoms with Crippen LogP contribution < -0.4 is 10.6 Å². The average Bonchev–Trinajstić information content (AvgIpc) is 3.73. The summed E-state index contributed by atoms with van der Waals surface area (Å²) < 4.78 is 0. The molecule has 2 atom stereocenters. The van der Waals surface area contributed by atoms with Crippen molar-refractivity contribution in [3.8, 4) is 11.8 Å². The maximum atomic E-state index is 4.94. The second kappa shape index (κ2) is 9.05. The van der Waals surface area contributed by atoms with Crippen molar-refractivity contribution in [1.82, 2.24) is 20.6 Å². The third-order valence-electron chi connectivity index (χ3n) is 7.70. The first kappa shape index (κ1) is 21.6. The first-order chi connectivity index (χ1) is 17.8. The molecule has 0 aliphatic carbocycles. The van der Waals surface area contributed by atoms with Crippen LogP contribution in [0.3, 0.4) is 0 Å². The highest BCUT2D eigenvalue weighted by Crippen LogP contribution is 2.29. The Morgan fingerprint density at radius 3 is 2.39 bits per heavy atom. The summed E-state index contributed by atoms with van der Waals surface area (Å²) in [6.45, 7) is 2.18. The molecule has 2 saturated heterocycles. The van der Waals surface area contributed by atoms with Crippen LogP contribution in [0.15, 0.2) is 65.8 Å². The number of aliphatic imine (C=N–C) groups is 1. The fraction of sp³-hybridized carbons (Fsp3) is 0.290. The molecule has 1 aromatic heterocycles. The van der Waals surface area contributed by atoms with Gasteiger partial charge in [-0.3, -0.25) is 4.99 Å². The average molecular weight is 472 g/mol. The largest absolute Gasteiger partial charge is 0.341 e. The van der Waals surface area contributed by atoms with Crippen molar-refractivity contribution in [3.05, 3.63) is 83.3 Å². The summed E-state index contributed by atoms with van der Waals surface area (Å²) in [6, 6.07) is 20.1. The molecule has 178 valence electrons. The van der Waals surface area contributed by atoms with Crippen LogP contribution in [0.5, 0.6) is 0 Å². The molecule has 3 aromatic carbocycles. The van der Waals surface area contributed by atoms with E-state index in [9.17, 15) is 0 Å². The molecule has 5 heteroatoms. The van der Waals surface area contributed by atoms with E-state index in [4.69, 9.17) is 9.98 Å². The van der Waals surface area contributed by atoms with Crippen molar-refractivity contribution >= 4 is 33.1 Å². The Kier molecular flexibility index (Phi) is 5.42. The number of allylic oxidation sites excluding steroid dienone is 1. The topological polar surface area (TPSA) is 65.1 Å². The lowest BCUT2D eigenvalue weighted by Crippen LogP contribution is -2.29. The van der Waals surface area contributed by atoms with Gasteiger partial charge in [-0.1, -0.05) is 36.1 Å². The number of nitrogens with zero attached hydrogens (tertiary/aromatic N) is 2. The number of fused-ring (bicyclic) bond motifs is 3. The second-order valence-corrected chi connectivity index (χ2v) is 10.1. The van der Waals surface area contributed by atoms with E-state index in [1.54, 1.807) is 0 Å². The van der Waals surface area contributed by atoms with E-state index in [0.29, 0.717) is 12.1 Å². The Morgan fingerprint density at radius 1 is 0.806 bits per heavy atom. The van der Waals surface area contributed by atoms with Gasteiger partial charge in [0, 0.05) is 40.9 Å². The predicted molar refractivity (Wildman–Crippen MR) is 147 cm³/mol. The molecule has 7 rings (SSSR count). The van der Waals surface area contributed by atoms with Gasteiger partial charge in [-0.2, -0.15) is 0 Å². The number of H-pyrrole nitrogens is 1. The third-order valence-corrected chi connectivity index (χ3v) is 7.70. The van der Waals surface area contributed by atoms with Crippen molar-refractivity contribution in [3.63, 3.8) is 0 Å². The quantitative estimate of drug-likeness (QED) is 0.347. The van der Waals surface area contributed by atoms with Crippen molar-refractivity contribution in [2.24, 2.45) is 4.99 Å². The highest BCUT2D eigenvalue weighted by atomic mass is 15.0. The number of imidazole rings is 1. The molecule has 4 heterocycles. The van der Waals surface area contributed by atoms with E-state index in [0.717, 1.165) is 53.9 Å². The highest BCUT2D eigenvalue weighted by molar-refractivity contribution is 6.04. The highest BCUT2D eigenvalue weighted by Gasteiger charge is 2.23. The summed E-state index contributed by atoms with van der Waals surface area (Å²) in [6.07, 6.45) is 7.78. The van der Waals surface area contributed by atoms with Crippen molar-refractivity contribution in [2.75, 3.05) is 13.1 Å². The molecule has 5 nitrogen and oxygen atoms in total. The van der Waals surface area contributed by atoms with E-state index in [1.807, 2.05) is 6.20 Å². The third kappa shape index (κ3) is 4.03. The number of aromatic amines is 1. The summed E-state index contributed by atoms with van der Waals surface area (Å²) in [5.74, 6) is 7.74. The zero-order chi connectivity index (χ0) is 23.9. The fourth-order valence-corrected chi connectivity index (χ4v) is 5.70. The Morgan fingerprint density at radius 2 is 1.58 bits per heavy atom. The lowest BCUT2D eigenvalue weighted by Gasteiger charge is -2.10. The van der Waals surface area contributed by atoms with Crippen LogP contribution in [0.1, 0.15) is 60.7 Å². The van der Waals surface area contributed by atoms with Crippen LogP contribution in [0, 0.1) is 11.8 Å². The Labute approximate surface area is 211 Å². The maximum Gasteiger partial charge on any atom is 0.124 e. The Hall–Kier alpha value is -3.72. The monoisotopic (exact) mass is 471 g/mol. The molecule has 36 heavy (non-hydrogen) atoms. The molecule has 3 aliphatic rings. The molecule has 0 bridgehead atoms. The van der Waals surface area contributed by atoms with Crippen molar-refractivity contribution in [1.29, 1.82) is 0 Å². The van der Waals surface area contributed by atoms with Crippen LogP contribution in [-0.2, 0) is 0 Å². The molecule has 3 aliphatic heterocycles. The number of aromatic nitrogens is 2. The van der Waals surface area contributed by atoms with Gasteiger partial charge in [0.1, 0.15) is 5.82 Å². The SMILES string of the molecule is C(#Cc1ccc2c(ccc3[nH]c([C@@H]4CCCN4)nc32)c1)c1ccc(C2=CN=C([C@@H]3CCCN3)C2)cc1. The van der Waals surface area contributed by atoms with Gasteiger partial charge in [-0.05, 0) is 85.6 Å². The Balaban J connectivity index is 1.08. The number of hydrogen-bond acceptors (Lipinski definition) is 4. The van der Waals surface area contributed by atoms with Gasteiger partial charge in [-0.25, -0.2) is 4.98 Å². The summed E-state index contributed by atoms with van der Waals surface area (Å²) in [7, 11) is 0. The van der Waals surface area contributed by atoms with Crippen LogP contribution >= 0.6 is 0 Å². The van der Waals surface area contributed by atoms with Gasteiger partial charge in [0.25, 0.3) is 0 Å². The maximum absolute atomic E-state index is 4.94. The molecule has 4 aromatic rings. The number of nitrogens with one attached hydrogen (secondary N) is 3. The van der Waals surface area contributed by atoms with Gasteiger partial charge in [0.05, 0.1) is 17.1 Å². The normalized spacial score (nSPS) is 21.6. The molecular formula is C31H29N5. The van der Waals surface area contributed by atoms with Gasteiger partial charge >= 0.3 is 0 Å². The van der Waals surface area contributed by atoms with Crippen LogP contribution in [0.2, 0.25) is 0 Å². The number of hydrogen-bond donors (Lipinski definition) is 3. The molecule has 0 unspecified atom stereocenters. The van der Waals surface area contributed by atoms with Gasteiger partial charge in [0.15, 0.2) is 0 Å². The number of benzene rings is 3. The molecule has 0 spiro atoms. The fourth-order valence-electron chi connectivity index (χ4n) is 5.70. The zero-order valence-corrected chi connectivity index (χ0v) is 20.3. The summed E-state index contributed by atoms with van der Waals surface area (Å²) >= 11 is 0. The molecular weight excluding hydrogens is 442 g/mol. The molecule has 0 saturated carbocycles. The lowest BCUT2D eigenvalue weighted by molar-refractivity contribution is 0.614. The molecule has 0 radical (unpaired) electrons. The van der Waals surface area contributed by atoms with E-state index in [-0.39, 0.29) is 0 Å². The zero-order valence-electron chi connectivity index (χ0n) is 20.3. The second-order valence-electron chi connectivity index (χ2n) is 10.1. The van der Waals surface area contributed by atoms with Gasteiger partial charge in [0.2, 0.25) is 0 Å². The van der Waals surface area contributed by atoms with Crippen LogP contribution in [-0.4, -0.2) is 34.8 Å². The minimum Gasteiger partial charge on any atom is -0.341 e. The first-order valence-corrected chi connectivity index (χ1v) is 13.1. The van der Waals surface area contributed by atoms with E-state index < -0.39 is 0 Å². The first-order valence-electron chi connectivity index (χ1n) is 13.1. The molecule has 3 N–H and O–H groups in total. The van der Waals surface area contributed by atoms with E-state index >= 15 is 0 Å². The summed E-state index contributed by atoms with van der Waals surface area (Å²) in [5.41, 5.74) is 7.99. The summed E-state index contributed by atoms with van der Waals surface area (Å²) in [4.78, 5) is 13.2. The van der Waals surface area contributed by atoms with Gasteiger partial charge in [-0.15, -0.1) is 0 Å². The number of rotatable bonds is 3. The van der Waals surface area contributed by atoms with Crippen LogP contribution in [0.4, 0.5) is 0 Å². The predicted octanol–water partition coefficient (Wildman–Crippen LogP) is 5.48. The van der Waals surface area contributed by atoms with E-state index in [2.05, 4.69) is 82.1 Å². The van der Waals surface area contributed by atoms with E-state index in [1.165, 1.54) is 46.9 Å².